The zero-order valence-electron chi connectivity index (χ0n) is 16.4. The van der Waals surface area contributed by atoms with Crippen LogP contribution in [0.15, 0.2) is 61.4 Å². The summed E-state index contributed by atoms with van der Waals surface area (Å²) in [6.07, 6.45) is 3.05. The molecule has 3 aromatic heterocycles. The Hall–Kier alpha value is -4.00. The van der Waals surface area contributed by atoms with Crippen molar-refractivity contribution in [2.24, 2.45) is 0 Å². The lowest BCUT2D eigenvalue weighted by atomic mass is 10.1. The second-order valence-corrected chi connectivity index (χ2v) is 7.14. The molecular weight excluding hydrogens is 379 g/mol. The normalized spacial score (nSPS) is 11.4. The summed E-state index contributed by atoms with van der Waals surface area (Å²) in [5.41, 5.74) is 10.7. The number of rotatable bonds is 4. The molecule has 3 heterocycles. The first kappa shape index (κ1) is 18.1. The Morgan fingerprint density at radius 1 is 1.13 bits per heavy atom. The van der Waals surface area contributed by atoms with Gasteiger partial charge in [-0.15, -0.1) is 0 Å². The van der Waals surface area contributed by atoms with Crippen LogP contribution in [0.3, 0.4) is 0 Å². The number of nitrogens with zero attached hydrogens (tertiary/aromatic N) is 5. The van der Waals surface area contributed by atoms with E-state index in [-0.39, 0.29) is 5.82 Å². The molecule has 0 aliphatic carbocycles. The Morgan fingerprint density at radius 3 is 2.77 bits per heavy atom. The molecule has 2 aromatic carbocycles. The van der Waals surface area contributed by atoms with Crippen LogP contribution in [0.1, 0.15) is 17.0 Å². The molecule has 0 saturated carbocycles. The van der Waals surface area contributed by atoms with Crippen molar-refractivity contribution in [2.45, 2.75) is 13.5 Å². The van der Waals surface area contributed by atoms with Crippen LogP contribution in [0, 0.1) is 12.7 Å². The molecule has 0 aliphatic heterocycles. The quantitative estimate of drug-likeness (QED) is 0.484. The van der Waals surface area contributed by atoms with Crippen molar-refractivity contribution >= 4 is 33.8 Å². The third kappa shape index (κ3) is 2.67. The zero-order valence-corrected chi connectivity index (χ0v) is 16.4. The summed E-state index contributed by atoms with van der Waals surface area (Å²) in [6, 6.07) is 14.9. The predicted molar refractivity (Wildman–Crippen MR) is 117 cm³/mol. The van der Waals surface area contributed by atoms with E-state index < -0.39 is 0 Å². The highest BCUT2D eigenvalue weighted by molar-refractivity contribution is 5.92. The number of nitrogen functional groups attached to an aromatic ring is 1. The third-order valence-corrected chi connectivity index (χ3v) is 5.29. The molecule has 7 heteroatoms. The van der Waals surface area contributed by atoms with Gasteiger partial charge in [0.2, 0.25) is 0 Å². The summed E-state index contributed by atoms with van der Waals surface area (Å²) in [6.45, 7) is 6.23. The van der Waals surface area contributed by atoms with Gasteiger partial charge in [0.15, 0.2) is 5.65 Å². The lowest BCUT2D eigenvalue weighted by molar-refractivity contribution is 0.612. The molecule has 0 unspecified atom stereocenters. The Morgan fingerprint density at radius 2 is 1.97 bits per heavy atom. The van der Waals surface area contributed by atoms with Gasteiger partial charge in [-0.3, -0.25) is 0 Å². The van der Waals surface area contributed by atoms with Crippen molar-refractivity contribution in [1.29, 1.82) is 0 Å². The fourth-order valence-electron chi connectivity index (χ4n) is 3.98. The van der Waals surface area contributed by atoms with E-state index in [1.165, 1.54) is 12.4 Å². The van der Waals surface area contributed by atoms with Crippen molar-refractivity contribution in [3.8, 4) is 5.69 Å². The summed E-state index contributed by atoms with van der Waals surface area (Å²) in [7, 11) is 0. The average molecular weight is 398 g/mol. The maximum atomic E-state index is 14.8. The minimum atomic E-state index is -0.289. The van der Waals surface area contributed by atoms with Gasteiger partial charge in [-0.1, -0.05) is 36.9 Å². The number of benzene rings is 2. The largest absolute Gasteiger partial charge is 0.383 e. The smallest absolute Gasteiger partial charge is 0.164 e. The lowest BCUT2D eigenvalue weighted by Crippen LogP contribution is -2.09. The zero-order chi connectivity index (χ0) is 20.8. The van der Waals surface area contributed by atoms with E-state index >= 15 is 0 Å². The lowest BCUT2D eigenvalue weighted by Gasteiger charge is -2.13. The predicted octanol–water partition coefficient (Wildman–Crippen LogP) is 4.49. The number of anilines is 1. The van der Waals surface area contributed by atoms with Crippen molar-refractivity contribution in [2.75, 3.05) is 5.73 Å². The summed E-state index contributed by atoms with van der Waals surface area (Å²) in [5, 5.41) is 6.32. The molecule has 5 rings (SSSR count). The number of aryl methyl sites for hydroxylation is 1. The van der Waals surface area contributed by atoms with E-state index in [0.29, 0.717) is 34.8 Å². The van der Waals surface area contributed by atoms with Crippen LogP contribution < -0.4 is 5.73 Å². The van der Waals surface area contributed by atoms with Crippen LogP contribution in [0.4, 0.5) is 10.2 Å². The SMILES string of the molecule is C=Cc1nn(Cc2cc3cccc(C)c3n2-c2ccccc2F)c2ncnc(N)c12. The highest BCUT2D eigenvalue weighted by Gasteiger charge is 2.19. The monoisotopic (exact) mass is 398 g/mol. The highest BCUT2D eigenvalue weighted by atomic mass is 19.1. The Balaban J connectivity index is 1.77. The fourth-order valence-corrected chi connectivity index (χ4v) is 3.98. The van der Waals surface area contributed by atoms with Crippen molar-refractivity contribution in [3.63, 3.8) is 0 Å². The summed E-state index contributed by atoms with van der Waals surface area (Å²) in [5.74, 6) is 0.0646. The van der Waals surface area contributed by atoms with Gasteiger partial charge in [0.05, 0.1) is 28.8 Å². The van der Waals surface area contributed by atoms with E-state index in [1.807, 2.05) is 35.8 Å². The Labute approximate surface area is 172 Å². The second-order valence-electron chi connectivity index (χ2n) is 7.14. The van der Waals surface area contributed by atoms with Gasteiger partial charge in [-0.05, 0) is 36.8 Å². The molecule has 5 aromatic rings. The molecule has 0 radical (unpaired) electrons. The molecule has 0 aliphatic rings. The molecule has 0 saturated heterocycles. The van der Waals surface area contributed by atoms with Crippen LogP contribution in [0.2, 0.25) is 0 Å². The van der Waals surface area contributed by atoms with Gasteiger partial charge in [-0.2, -0.15) is 5.10 Å². The Kier molecular flexibility index (Phi) is 4.10. The minimum absolute atomic E-state index is 0.289. The summed E-state index contributed by atoms with van der Waals surface area (Å²) in [4.78, 5) is 8.45. The first-order valence-corrected chi connectivity index (χ1v) is 9.52. The topological polar surface area (TPSA) is 74.5 Å². The van der Waals surface area contributed by atoms with Gasteiger partial charge >= 0.3 is 0 Å². The number of fused-ring (bicyclic) bond motifs is 2. The van der Waals surface area contributed by atoms with Gasteiger partial charge in [0, 0.05) is 11.1 Å². The van der Waals surface area contributed by atoms with Crippen molar-refractivity contribution < 1.29 is 4.39 Å². The number of nitrogens with two attached hydrogens (primary N) is 1. The van der Waals surface area contributed by atoms with Gasteiger partial charge in [0.25, 0.3) is 0 Å². The van der Waals surface area contributed by atoms with Crippen molar-refractivity contribution in [3.05, 3.63) is 84.2 Å². The molecule has 0 fully saturated rings. The minimum Gasteiger partial charge on any atom is -0.383 e. The molecule has 6 nitrogen and oxygen atoms in total. The molecule has 30 heavy (non-hydrogen) atoms. The average Bonchev–Trinajstić information content (AvgIpc) is 3.28. The summed E-state index contributed by atoms with van der Waals surface area (Å²) >= 11 is 0. The Bertz CT molecular complexity index is 1430. The van der Waals surface area contributed by atoms with Crippen LogP contribution in [0.25, 0.3) is 33.7 Å². The molecule has 0 spiro atoms. The maximum absolute atomic E-state index is 14.8. The third-order valence-electron chi connectivity index (χ3n) is 5.29. The maximum Gasteiger partial charge on any atom is 0.164 e. The molecule has 0 atom stereocenters. The van der Waals surface area contributed by atoms with Crippen LogP contribution in [-0.4, -0.2) is 24.3 Å². The van der Waals surface area contributed by atoms with E-state index in [4.69, 9.17) is 5.73 Å². The first-order chi connectivity index (χ1) is 14.6. The van der Waals surface area contributed by atoms with E-state index in [0.717, 1.165) is 22.2 Å². The van der Waals surface area contributed by atoms with Crippen molar-refractivity contribution in [1.82, 2.24) is 24.3 Å². The van der Waals surface area contributed by atoms with Crippen LogP contribution >= 0.6 is 0 Å². The van der Waals surface area contributed by atoms with E-state index in [2.05, 4.69) is 27.7 Å². The molecule has 0 amide bonds. The molecule has 148 valence electrons. The first-order valence-electron chi connectivity index (χ1n) is 9.52. The number of halogens is 1. The van der Waals surface area contributed by atoms with Crippen LogP contribution in [0.5, 0.6) is 0 Å². The fraction of sp³-hybridized carbons (Fsp3) is 0.0870. The highest BCUT2D eigenvalue weighted by Crippen LogP contribution is 2.30. The number of para-hydroxylation sites is 2. The van der Waals surface area contributed by atoms with Gasteiger partial charge in [0.1, 0.15) is 18.0 Å². The van der Waals surface area contributed by atoms with Crippen LogP contribution in [-0.2, 0) is 6.54 Å². The standard InChI is InChI=1S/C23H19FN6/c1-3-18-20-22(25)26-13-27-23(20)29(28-18)12-16-11-15-8-6-7-14(2)21(15)30(16)19-10-5-4-9-17(19)24/h3-11,13H,1,12H2,2H3,(H2,25,26,27). The second kappa shape index (κ2) is 6.81. The molecular formula is C23H19FN6. The molecule has 2 N–H and O–H groups in total. The van der Waals surface area contributed by atoms with Gasteiger partial charge in [-0.25, -0.2) is 19.0 Å². The van der Waals surface area contributed by atoms with E-state index in [9.17, 15) is 4.39 Å². The number of hydrogen-bond donors (Lipinski definition) is 1. The van der Waals surface area contributed by atoms with E-state index in [1.54, 1.807) is 22.9 Å². The number of hydrogen-bond acceptors (Lipinski definition) is 4. The van der Waals surface area contributed by atoms with Gasteiger partial charge < -0.3 is 10.3 Å². The molecule has 0 bridgehead atoms. The number of aromatic nitrogens is 5. The summed E-state index contributed by atoms with van der Waals surface area (Å²) < 4.78 is 18.5.